The Morgan fingerprint density at radius 3 is 3.08 bits per heavy atom. The minimum atomic E-state index is -0.0349. The number of carbonyl (C=O) groups excluding carboxylic acids is 1. The van der Waals surface area contributed by atoms with Gasteiger partial charge in [-0.3, -0.25) is 9.78 Å². The Balaban J connectivity index is 1.36. The van der Waals surface area contributed by atoms with Gasteiger partial charge in [0.2, 0.25) is 0 Å². The van der Waals surface area contributed by atoms with Gasteiger partial charge in [0.25, 0.3) is 0 Å². The summed E-state index contributed by atoms with van der Waals surface area (Å²) in [4.78, 5) is 15.6. The van der Waals surface area contributed by atoms with Crippen molar-refractivity contribution in [1.29, 1.82) is 0 Å². The number of amides is 2. The predicted molar refractivity (Wildman–Crippen MR) is 101 cm³/mol. The molecule has 0 radical (unpaired) electrons. The highest BCUT2D eigenvalue weighted by Gasteiger charge is 2.28. The topological polar surface area (TPSA) is 78.8 Å². The van der Waals surface area contributed by atoms with Gasteiger partial charge in [-0.1, -0.05) is 6.07 Å². The summed E-state index contributed by atoms with van der Waals surface area (Å²) in [5.74, 6) is 0. The molecule has 4 heterocycles. The molecule has 1 atom stereocenters. The van der Waals surface area contributed by atoms with Crippen LogP contribution in [0.4, 0.5) is 4.79 Å². The Bertz CT molecular complexity index is 897. The van der Waals surface area contributed by atoms with Gasteiger partial charge in [0.15, 0.2) is 0 Å². The van der Waals surface area contributed by atoms with E-state index in [1.807, 2.05) is 34.0 Å². The molecule has 4 rings (SSSR count). The molecular formula is C18H22N6OS. The van der Waals surface area contributed by atoms with Crippen LogP contribution < -0.4 is 5.32 Å². The number of nitrogens with one attached hydrogen (secondary N) is 2. The summed E-state index contributed by atoms with van der Waals surface area (Å²) in [6.07, 6.45) is 2.71. The van der Waals surface area contributed by atoms with E-state index in [0.717, 1.165) is 40.5 Å². The molecule has 0 aromatic carbocycles. The van der Waals surface area contributed by atoms with E-state index in [1.165, 1.54) is 0 Å². The molecule has 0 unspecified atom stereocenters. The van der Waals surface area contributed by atoms with Crippen LogP contribution in [0.25, 0.3) is 10.6 Å². The van der Waals surface area contributed by atoms with Crippen molar-refractivity contribution in [3.8, 4) is 10.6 Å². The monoisotopic (exact) mass is 370 g/mol. The Morgan fingerprint density at radius 1 is 1.46 bits per heavy atom. The van der Waals surface area contributed by atoms with Gasteiger partial charge in [-0.15, -0.1) is 11.3 Å². The molecule has 2 amide bonds. The molecular weight excluding hydrogens is 348 g/mol. The third kappa shape index (κ3) is 3.24. The number of aromatic amines is 1. The van der Waals surface area contributed by atoms with Crippen LogP contribution in [0.3, 0.4) is 0 Å². The molecule has 0 spiro atoms. The normalized spacial score (nSPS) is 17.0. The lowest BCUT2D eigenvalue weighted by molar-refractivity contribution is 0.206. The van der Waals surface area contributed by atoms with Crippen LogP contribution in [0.15, 0.2) is 29.8 Å². The molecule has 8 heteroatoms. The third-order valence-electron chi connectivity index (χ3n) is 4.76. The summed E-state index contributed by atoms with van der Waals surface area (Å²) >= 11 is 1.65. The zero-order chi connectivity index (χ0) is 18.1. The largest absolute Gasteiger partial charge is 0.334 e. The van der Waals surface area contributed by atoms with E-state index < -0.39 is 0 Å². The van der Waals surface area contributed by atoms with Crippen molar-refractivity contribution in [3.63, 3.8) is 0 Å². The van der Waals surface area contributed by atoms with Crippen molar-refractivity contribution in [2.75, 3.05) is 13.1 Å². The fraction of sp³-hybridized carbons (Fsp3) is 0.389. The zero-order valence-corrected chi connectivity index (χ0v) is 15.7. The summed E-state index contributed by atoms with van der Waals surface area (Å²) in [5, 5.41) is 16.8. The number of aromatic nitrogens is 4. The van der Waals surface area contributed by atoms with E-state index in [4.69, 9.17) is 0 Å². The SMILES string of the molecule is Cc1cc(C)n([C@@H]2CCN(C(=O)NCc3cn[nH]c3-c3cccs3)C2)n1. The van der Waals surface area contributed by atoms with E-state index >= 15 is 0 Å². The number of hydrogen-bond acceptors (Lipinski definition) is 4. The number of thiophene rings is 1. The summed E-state index contributed by atoms with van der Waals surface area (Å²) < 4.78 is 2.05. The van der Waals surface area contributed by atoms with Gasteiger partial charge in [0, 0.05) is 30.9 Å². The van der Waals surface area contributed by atoms with Crippen LogP contribution in [-0.4, -0.2) is 44.0 Å². The summed E-state index contributed by atoms with van der Waals surface area (Å²) in [5.41, 5.74) is 4.14. The molecule has 0 saturated carbocycles. The van der Waals surface area contributed by atoms with Crippen LogP contribution in [-0.2, 0) is 6.54 Å². The van der Waals surface area contributed by atoms with E-state index in [9.17, 15) is 4.79 Å². The predicted octanol–water partition coefficient (Wildman–Crippen LogP) is 3.11. The fourth-order valence-electron chi connectivity index (χ4n) is 3.50. The Labute approximate surface area is 156 Å². The lowest BCUT2D eigenvalue weighted by Crippen LogP contribution is -2.38. The minimum Gasteiger partial charge on any atom is -0.334 e. The Kier molecular flexibility index (Phi) is 4.50. The average molecular weight is 370 g/mol. The third-order valence-corrected chi connectivity index (χ3v) is 5.64. The molecule has 3 aromatic heterocycles. The zero-order valence-electron chi connectivity index (χ0n) is 14.9. The molecule has 7 nitrogen and oxygen atoms in total. The maximum absolute atomic E-state index is 12.6. The summed E-state index contributed by atoms with van der Waals surface area (Å²) in [6.45, 7) is 5.96. The van der Waals surface area contributed by atoms with Gasteiger partial charge >= 0.3 is 6.03 Å². The highest BCUT2D eigenvalue weighted by Crippen LogP contribution is 2.26. The van der Waals surface area contributed by atoms with E-state index in [1.54, 1.807) is 17.5 Å². The Hall–Kier alpha value is -2.61. The molecule has 2 N–H and O–H groups in total. The Morgan fingerprint density at radius 2 is 2.35 bits per heavy atom. The van der Waals surface area contributed by atoms with Crippen molar-refractivity contribution in [3.05, 3.63) is 46.7 Å². The second-order valence-corrected chi connectivity index (χ2v) is 7.61. The van der Waals surface area contributed by atoms with E-state index in [-0.39, 0.29) is 12.1 Å². The number of H-pyrrole nitrogens is 1. The van der Waals surface area contributed by atoms with Crippen LogP contribution in [0.1, 0.15) is 29.4 Å². The highest BCUT2D eigenvalue weighted by molar-refractivity contribution is 7.13. The molecule has 1 aliphatic rings. The summed E-state index contributed by atoms with van der Waals surface area (Å²) in [7, 11) is 0. The number of aryl methyl sites for hydroxylation is 2. The molecule has 3 aromatic rings. The van der Waals surface area contributed by atoms with Gasteiger partial charge in [0.05, 0.1) is 28.5 Å². The second-order valence-electron chi connectivity index (χ2n) is 6.67. The summed E-state index contributed by atoms with van der Waals surface area (Å²) in [6, 6.07) is 6.35. The van der Waals surface area contributed by atoms with Crippen LogP contribution in [0, 0.1) is 13.8 Å². The molecule has 1 saturated heterocycles. The highest BCUT2D eigenvalue weighted by atomic mass is 32.1. The molecule has 1 aliphatic heterocycles. The quantitative estimate of drug-likeness (QED) is 0.741. The number of likely N-dealkylation sites (tertiary alicyclic amines) is 1. The number of hydrogen-bond donors (Lipinski definition) is 2. The minimum absolute atomic E-state index is 0.0349. The first kappa shape index (κ1) is 16.8. The lowest BCUT2D eigenvalue weighted by atomic mass is 10.2. The smallest absolute Gasteiger partial charge is 0.317 e. The first-order valence-corrected chi connectivity index (χ1v) is 9.61. The lowest BCUT2D eigenvalue weighted by Gasteiger charge is -2.18. The average Bonchev–Trinajstić information content (AvgIpc) is 3.39. The van der Waals surface area contributed by atoms with Gasteiger partial charge in [-0.25, -0.2) is 4.79 Å². The van der Waals surface area contributed by atoms with Crippen molar-refractivity contribution in [2.45, 2.75) is 32.9 Å². The van der Waals surface area contributed by atoms with Crippen molar-refractivity contribution < 1.29 is 4.79 Å². The van der Waals surface area contributed by atoms with Crippen molar-refractivity contribution in [2.24, 2.45) is 0 Å². The molecule has 1 fully saturated rings. The van der Waals surface area contributed by atoms with Gasteiger partial charge in [-0.2, -0.15) is 10.2 Å². The number of carbonyl (C=O) groups is 1. The molecule has 0 bridgehead atoms. The van der Waals surface area contributed by atoms with Gasteiger partial charge < -0.3 is 10.2 Å². The first-order chi connectivity index (χ1) is 12.6. The van der Waals surface area contributed by atoms with Crippen LogP contribution in [0.2, 0.25) is 0 Å². The number of urea groups is 1. The van der Waals surface area contributed by atoms with Crippen LogP contribution >= 0.6 is 11.3 Å². The standard InChI is InChI=1S/C18H22N6OS/c1-12-8-13(2)24(22-12)15-5-6-23(11-15)18(25)19-9-14-10-20-21-17(14)16-4-3-7-26-16/h3-4,7-8,10,15H,5-6,9,11H2,1-2H3,(H,19,25)(H,20,21)/t15-/m1/s1. The van der Waals surface area contributed by atoms with Gasteiger partial charge in [-0.05, 0) is 37.8 Å². The number of nitrogens with zero attached hydrogens (tertiary/aromatic N) is 4. The fourth-order valence-corrected chi connectivity index (χ4v) is 4.26. The maximum Gasteiger partial charge on any atom is 0.317 e. The van der Waals surface area contributed by atoms with E-state index in [2.05, 4.69) is 33.6 Å². The first-order valence-electron chi connectivity index (χ1n) is 8.73. The number of rotatable bonds is 4. The molecule has 26 heavy (non-hydrogen) atoms. The van der Waals surface area contributed by atoms with Gasteiger partial charge in [0.1, 0.15) is 0 Å². The maximum atomic E-state index is 12.6. The van der Waals surface area contributed by atoms with Crippen molar-refractivity contribution >= 4 is 17.4 Å². The molecule has 0 aliphatic carbocycles. The van der Waals surface area contributed by atoms with Crippen molar-refractivity contribution in [1.82, 2.24) is 30.2 Å². The molecule has 136 valence electrons. The second kappa shape index (κ2) is 6.95. The van der Waals surface area contributed by atoms with Crippen LogP contribution in [0.5, 0.6) is 0 Å². The van der Waals surface area contributed by atoms with E-state index in [0.29, 0.717) is 13.1 Å².